The number of methoxy groups -OCH3 is 1. The number of aromatic hydroxyl groups is 2. The lowest BCUT2D eigenvalue weighted by Crippen LogP contribution is -2.09. The summed E-state index contributed by atoms with van der Waals surface area (Å²) in [5.41, 5.74) is 3.14. The molecule has 0 aliphatic rings. The Hall–Kier alpha value is -4.38. The zero-order chi connectivity index (χ0) is 23.8. The topological polar surface area (TPSA) is 74.4 Å². The van der Waals surface area contributed by atoms with Gasteiger partial charge in [0.05, 0.1) is 7.11 Å². The Bertz CT molecular complexity index is 1270. The molecule has 0 heterocycles. The molecule has 34 heavy (non-hydrogen) atoms. The molecule has 0 aromatic heterocycles. The molecule has 4 aromatic rings. The molecule has 0 saturated heterocycles. The van der Waals surface area contributed by atoms with Crippen molar-refractivity contribution in [3.05, 3.63) is 125 Å². The first kappa shape index (κ1) is 22.8. The average molecular weight is 451 g/mol. The molecular formula is C29H26N2O3. The van der Waals surface area contributed by atoms with Crippen LogP contribution in [0.5, 0.6) is 17.2 Å². The second-order valence-corrected chi connectivity index (χ2v) is 7.72. The summed E-state index contributed by atoms with van der Waals surface area (Å²) in [5.74, 6) is 0.589. The average Bonchev–Trinajstić information content (AvgIpc) is 2.88. The summed E-state index contributed by atoms with van der Waals surface area (Å²) in [6.07, 6.45) is 3.34. The van der Waals surface area contributed by atoms with Crippen molar-refractivity contribution < 1.29 is 14.9 Å². The molecule has 5 heteroatoms. The highest BCUT2D eigenvalue weighted by atomic mass is 16.5. The van der Waals surface area contributed by atoms with E-state index in [-0.39, 0.29) is 23.6 Å². The molecule has 0 bridgehead atoms. The van der Waals surface area contributed by atoms with Crippen molar-refractivity contribution in [2.24, 2.45) is 9.98 Å². The van der Waals surface area contributed by atoms with Crippen molar-refractivity contribution in [1.82, 2.24) is 0 Å². The molecule has 2 N–H and O–H groups in total. The first-order chi connectivity index (χ1) is 16.7. The quantitative estimate of drug-likeness (QED) is 0.317. The minimum Gasteiger partial charge on any atom is -0.507 e. The van der Waals surface area contributed by atoms with Crippen LogP contribution in [0.25, 0.3) is 0 Å². The van der Waals surface area contributed by atoms with E-state index in [1.807, 2.05) is 78.9 Å². The van der Waals surface area contributed by atoms with Crippen molar-refractivity contribution >= 4 is 12.4 Å². The first-order valence-electron chi connectivity index (χ1n) is 11.0. The monoisotopic (exact) mass is 450 g/mol. The Kier molecular flexibility index (Phi) is 7.35. The molecule has 0 unspecified atom stereocenters. The molecule has 4 aromatic carbocycles. The van der Waals surface area contributed by atoms with Gasteiger partial charge < -0.3 is 14.9 Å². The van der Waals surface area contributed by atoms with Crippen molar-refractivity contribution in [3.63, 3.8) is 0 Å². The number of phenolic OH excluding ortho intramolecular Hbond substituents is 2. The normalized spacial score (nSPS) is 13.2. The Balaban J connectivity index is 1.80. The fourth-order valence-electron chi connectivity index (χ4n) is 3.73. The van der Waals surface area contributed by atoms with Gasteiger partial charge in [-0.2, -0.15) is 0 Å². The fourth-order valence-corrected chi connectivity index (χ4v) is 3.73. The van der Waals surface area contributed by atoms with Gasteiger partial charge in [-0.3, -0.25) is 9.98 Å². The zero-order valence-electron chi connectivity index (χ0n) is 18.8. The number of hydrogen-bond acceptors (Lipinski definition) is 5. The van der Waals surface area contributed by atoms with Crippen molar-refractivity contribution in [2.75, 3.05) is 7.11 Å². The summed E-state index contributed by atoms with van der Waals surface area (Å²) >= 11 is 0. The van der Waals surface area contributed by atoms with Crippen LogP contribution in [-0.2, 0) is 0 Å². The summed E-state index contributed by atoms with van der Waals surface area (Å²) in [4.78, 5) is 9.78. The van der Waals surface area contributed by atoms with E-state index in [1.165, 1.54) is 7.11 Å². The van der Waals surface area contributed by atoms with E-state index in [1.54, 1.807) is 36.7 Å². The number of nitrogens with zero attached hydrogens (tertiary/aromatic N) is 2. The van der Waals surface area contributed by atoms with E-state index in [4.69, 9.17) is 14.7 Å². The van der Waals surface area contributed by atoms with Crippen LogP contribution in [0.4, 0.5) is 0 Å². The maximum absolute atomic E-state index is 10.5. The maximum atomic E-state index is 10.5. The van der Waals surface area contributed by atoms with Gasteiger partial charge in [0, 0.05) is 23.6 Å². The molecule has 0 aliphatic carbocycles. The van der Waals surface area contributed by atoms with E-state index >= 15 is 0 Å². The van der Waals surface area contributed by atoms with Crippen LogP contribution in [-0.4, -0.2) is 29.8 Å². The van der Waals surface area contributed by atoms with E-state index in [0.717, 1.165) is 11.1 Å². The van der Waals surface area contributed by atoms with Gasteiger partial charge in [-0.05, 0) is 35.4 Å². The highest BCUT2D eigenvalue weighted by molar-refractivity contribution is 5.85. The third-order valence-corrected chi connectivity index (χ3v) is 5.52. The minimum atomic E-state index is -0.378. The van der Waals surface area contributed by atoms with Crippen LogP contribution in [0.3, 0.4) is 0 Å². The molecule has 0 radical (unpaired) electrons. The van der Waals surface area contributed by atoms with Crippen molar-refractivity contribution in [1.29, 1.82) is 0 Å². The summed E-state index contributed by atoms with van der Waals surface area (Å²) in [7, 11) is 1.52. The highest BCUT2D eigenvalue weighted by Crippen LogP contribution is 2.36. The van der Waals surface area contributed by atoms with Crippen LogP contribution >= 0.6 is 0 Å². The number of rotatable bonds is 8. The van der Waals surface area contributed by atoms with Gasteiger partial charge in [-0.15, -0.1) is 0 Å². The molecule has 4 rings (SSSR count). The maximum Gasteiger partial charge on any atom is 0.166 e. The van der Waals surface area contributed by atoms with Gasteiger partial charge in [0.2, 0.25) is 0 Å². The van der Waals surface area contributed by atoms with E-state index in [2.05, 4.69) is 0 Å². The van der Waals surface area contributed by atoms with Gasteiger partial charge in [-0.25, -0.2) is 0 Å². The molecular weight excluding hydrogens is 424 g/mol. The predicted octanol–water partition coefficient (Wildman–Crippen LogP) is 6.13. The number of para-hydroxylation sites is 2. The molecule has 0 aliphatic heterocycles. The number of ether oxygens (including phenoxy) is 1. The summed E-state index contributed by atoms with van der Waals surface area (Å²) < 4.78 is 5.23. The second kappa shape index (κ2) is 11.0. The number of benzene rings is 4. The lowest BCUT2D eigenvalue weighted by molar-refractivity contribution is 0.373. The highest BCUT2D eigenvalue weighted by Gasteiger charge is 2.23. The molecule has 5 nitrogen and oxygen atoms in total. The largest absolute Gasteiger partial charge is 0.507 e. The lowest BCUT2D eigenvalue weighted by atomic mass is 9.94. The Morgan fingerprint density at radius 1 is 0.618 bits per heavy atom. The van der Waals surface area contributed by atoms with Crippen LogP contribution in [0.15, 0.2) is 113 Å². The van der Waals surface area contributed by atoms with Crippen LogP contribution in [0, 0.1) is 0 Å². The van der Waals surface area contributed by atoms with Crippen LogP contribution in [0.2, 0.25) is 0 Å². The number of phenols is 2. The van der Waals surface area contributed by atoms with Gasteiger partial charge in [0.25, 0.3) is 0 Å². The van der Waals surface area contributed by atoms with E-state index in [0.29, 0.717) is 16.9 Å². The molecule has 0 saturated carbocycles. The Labute approximate surface area is 199 Å². The first-order valence-corrected chi connectivity index (χ1v) is 11.0. The summed E-state index contributed by atoms with van der Waals surface area (Å²) in [6, 6.07) is 31.5. The van der Waals surface area contributed by atoms with Crippen LogP contribution in [0.1, 0.15) is 34.3 Å². The van der Waals surface area contributed by atoms with Crippen molar-refractivity contribution in [3.8, 4) is 17.2 Å². The van der Waals surface area contributed by atoms with Gasteiger partial charge in [-0.1, -0.05) is 78.9 Å². The molecule has 0 fully saturated rings. The number of aliphatic imine (C=N–C) groups is 2. The van der Waals surface area contributed by atoms with E-state index in [9.17, 15) is 10.2 Å². The van der Waals surface area contributed by atoms with Crippen molar-refractivity contribution in [2.45, 2.75) is 12.1 Å². The summed E-state index contributed by atoms with van der Waals surface area (Å²) in [5, 5.41) is 20.8. The third kappa shape index (κ3) is 5.33. The lowest BCUT2D eigenvalue weighted by Gasteiger charge is -2.22. The molecule has 170 valence electrons. The standard InChI is InChI=1S/C29H26N2O3/c1-34-26-18-10-16-24(29(26)33)20-31-28(22-13-6-3-7-14-22)27(21-11-4-2-5-12-21)30-19-23-15-8-9-17-25(23)32/h2-20,27-28,32-33H,1H3/t27-,28-/m0/s1. The zero-order valence-corrected chi connectivity index (χ0v) is 18.8. The summed E-state index contributed by atoms with van der Waals surface area (Å²) in [6.45, 7) is 0. The molecule has 2 atom stereocenters. The number of hydrogen-bond donors (Lipinski definition) is 2. The fraction of sp³-hybridized carbons (Fsp3) is 0.103. The predicted molar refractivity (Wildman–Crippen MR) is 136 cm³/mol. The van der Waals surface area contributed by atoms with E-state index < -0.39 is 0 Å². The Morgan fingerprint density at radius 2 is 1.12 bits per heavy atom. The van der Waals surface area contributed by atoms with Gasteiger partial charge in [0.1, 0.15) is 17.8 Å². The Morgan fingerprint density at radius 3 is 1.68 bits per heavy atom. The second-order valence-electron chi connectivity index (χ2n) is 7.72. The minimum absolute atomic E-state index is 0.0366. The van der Waals surface area contributed by atoms with Gasteiger partial charge >= 0.3 is 0 Å². The molecule has 0 amide bonds. The third-order valence-electron chi connectivity index (χ3n) is 5.52. The SMILES string of the molecule is COc1cccc(C=N[C@@H](c2ccccc2)[C@@H](N=Cc2ccccc2O)c2ccccc2)c1O. The van der Waals surface area contributed by atoms with Gasteiger partial charge in [0.15, 0.2) is 11.5 Å². The van der Waals surface area contributed by atoms with Crippen LogP contribution < -0.4 is 4.74 Å². The smallest absolute Gasteiger partial charge is 0.166 e. The molecule has 0 spiro atoms.